The summed E-state index contributed by atoms with van der Waals surface area (Å²) >= 11 is -1.44. The Morgan fingerprint density at radius 3 is 2.32 bits per heavy atom. The first-order chi connectivity index (χ1) is 8.58. The lowest BCUT2D eigenvalue weighted by atomic mass is 10.3. The van der Waals surface area contributed by atoms with Gasteiger partial charge in [0, 0.05) is 12.1 Å². The van der Waals surface area contributed by atoms with Gasteiger partial charge in [-0.05, 0) is 17.2 Å². The molecular weight excluding hydrogens is 309 g/mol. The number of ether oxygens (including phenoxy) is 1. The van der Waals surface area contributed by atoms with Crippen LogP contribution in [0.1, 0.15) is 0 Å². The highest BCUT2D eigenvalue weighted by Gasteiger charge is 2.48. The van der Waals surface area contributed by atoms with Gasteiger partial charge in [-0.1, -0.05) is 0 Å². The molecule has 0 aliphatic carbocycles. The van der Waals surface area contributed by atoms with Crippen LogP contribution in [0.15, 0.2) is 23.1 Å². The van der Waals surface area contributed by atoms with E-state index in [4.69, 9.17) is 4.74 Å². The molecule has 0 radical (unpaired) electrons. The first-order valence-electron chi connectivity index (χ1n) is 4.60. The van der Waals surface area contributed by atoms with Gasteiger partial charge in [0.25, 0.3) is 0 Å². The second-order valence-electron chi connectivity index (χ2n) is 3.25. The fourth-order valence-corrected chi connectivity index (χ4v) is 2.25. The van der Waals surface area contributed by atoms with E-state index in [1.807, 2.05) is 0 Å². The monoisotopic (exact) mass is 318 g/mol. The highest BCUT2D eigenvalue weighted by molar-refractivity contribution is 7.90. The topological polar surface area (TPSA) is 75.7 Å². The van der Waals surface area contributed by atoms with Crippen molar-refractivity contribution in [3.8, 4) is 11.5 Å². The van der Waals surface area contributed by atoms with E-state index in [-0.39, 0.29) is 10.6 Å². The summed E-state index contributed by atoms with van der Waals surface area (Å²) < 4.78 is 77.9. The summed E-state index contributed by atoms with van der Waals surface area (Å²) in [5.74, 6) is -0.612. The predicted molar refractivity (Wildman–Crippen MR) is 60.9 cm³/mol. The van der Waals surface area contributed by atoms with E-state index in [0.29, 0.717) is 0 Å². The Hall–Kier alpha value is -1.13. The van der Waals surface area contributed by atoms with Crippen molar-refractivity contribution in [2.45, 2.75) is 10.4 Å². The zero-order valence-electron chi connectivity index (χ0n) is 9.72. The lowest BCUT2D eigenvalue weighted by molar-refractivity contribution is -0.0500. The van der Waals surface area contributed by atoms with Crippen molar-refractivity contribution in [2.75, 3.05) is 13.4 Å². The van der Waals surface area contributed by atoms with Gasteiger partial charge in [-0.15, -0.1) is 0 Å². The standard InChI is InChI=1S/C9H9F3O5S2/c1-16-7-5-6(3-4-8(7)18(2)13)17-19(14,15)9(10,11)12/h3-5H,1-2H3/t18-/m0/s1. The number of hydrogen-bond acceptors (Lipinski definition) is 5. The molecule has 1 rings (SSSR count). The molecule has 0 unspecified atom stereocenters. The molecule has 1 atom stereocenters. The molecule has 0 aliphatic rings. The normalized spacial score (nSPS) is 14.0. The highest BCUT2D eigenvalue weighted by atomic mass is 32.2. The minimum absolute atomic E-state index is 0.0318. The van der Waals surface area contributed by atoms with E-state index in [1.54, 1.807) is 0 Å². The smallest absolute Gasteiger partial charge is 0.534 e. The SMILES string of the molecule is COc1cc(OS(=O)(=O)C(F)(F)F)ccc1[S@+](C)[O-]. The predicted octanol–water partition coefficient (Wildman–Crippen LogP) is 1.66. The van der Waals surface area contributed by atoms with Gasteiger partial charge in [-0.25, -0.2) is 0 Å². The molecule has 5 nitrogen and oxygen atoms in total. The molecule has 0 aromatic heterocycles. The van der Waals surface area contributed by atoms with E-state index in [2.05, 4.69) is 4.18 Å². The van der Waals surface area contributed by atoms with E-state index in [9.17, 15) is 26.1 Å². The summed E-state index contributed by atoms with van der Waals surface area (Å²) in [4.78, 5) is 0.208. The first kappa shape index (κ1) is 15.9. The van der Waals surface area contributed by atoms with Crippen LogP contribution in [0.4, 0.5) is 13.2 Å². The third-order valence-corrected chi connectivity index (χ3v) is 3.87. The second kappa shape index (κ2) is 5.47. The van der Waals surface area contributed by atoms with Crippen LogP contribution >= 0.6 is 0 Å². The van der Waals surface area contributed by atoms with Crippen molar-refractivity contribution in [1.82, 2.24) is 0 Å². The van der Waals surface area contributed by atoms with Crippen molar-refractivity contribution in [2.24, 2.45) is 0 Å². The van der Waals surface area contributed by atoms with Crippen LogP contribution in [-0.4, -0.2) is 31.8 Å². The van der Waals surface area contributed by atoms with E-state index < -0.39 is 32.6 Å². The van der Waals surface area contributed by atoms with Crippen LogP contribution in [0.2, 0.25) is 0 Å². The maximum atomic E-state index is 12.1. The molecule has 1 aromatic carbocycles. The minimum Gasteiger partial charge on any atom is -0.612 e. The average molecular weight is 318 g/mol. The maximum absolute atomic E-state index is 12.1. The van der Waals surface area contributed by atoms with Gasteiger partial charge in [-0.3, -0.25) is 0 Å². The Kier molecular flexibility index (Phi) is 4.59. The molecule has 0 amide bonds. The van der Waals surface area contributed by atoms with Gasteiger partial charge in [-0.2, -0.15) is 21.6 Å². The Labute approximate surface area is 110 Å². The van der Waals surface area contributed by atoms with Gasteiger partial charge < -0.3 is 13.5 Å². The number of alkyl halides is 3. The zero-order chi connectivity index (χ0) is 14.8. The molecule has 19 heavy (non-hydrogen) atoms. The van der Waals surface area contributed by atoms with Crippen LogP contribution in [-0.2, 0) is 21.3 Å². The molecule has 0 N–H and O–H groups in total. The highest BCUT2D eigenvalue weighted by Crippen LogP contribution is 2.32. The van der Waals surface area contributed by atoms with Gasteiger partial charge in [0.1, 0.15) is 12.0 Å². The van der Waals surface area contributed by atoms with Crippen molar-refractivity contribution in [3.05, 3.63) is 18.2 Å². The summed E-state index contributed by atoms with van der Waals surface area (Å²) in [6.45, 7) is 0. The summed E-state index contributed by atoms with van der Waals surface area (Å²) in [6.07, 6.45) is 1.34. The Morgan fingerprint density at radius 1 is 1.32 bits per heavy atom. The molecular formula is C9H9F3O5S2. The Bertz CT molecular complexity index is 553. The summed E-state index contributed by atoms with van der Waals surface area (Å²) in [7, 11) is -4.54. The average Bonchev–Trinajstić information content (AvgIpc) is 2.26. The number of hydrogen-bond donors (Lipinski definition) is 0. The van der Waals surface area contributed by atoms with Crippen molar-refractivity contribution >= 4 is 21.3 Å². The number of rotatable bonds is 4. The van der Waals surface area contributed by atoms with Crippen LogP contribution in [0, 0.1) is 0 Å². The van der Waals surface area contributed by atoms with Crippen LogP contribution < -0.4 is 8.92 Å². The molecule has 0 saturated carbocycles. The largest absolute Gasteiger partial charge is 0.612 e. The minimum atomic E-state index is -5.74. The quantitative estimate of drug-likeness (QED) is 0.479. The summed E-state index contributed by atoms with van der Waals surface area (Å²) in [5.41, 5.74) is -5.52. The molecule has 0 aliphatic heterocycles. The molecule has 0 bridgehead atoms. The number of methoxy groups -OCH3 is 1. The third kappa shape index (κ3) is 3.67. The van der Waals surface area contributed by atoms with E-state index in [0.717, 1.165) is 18.2 Å². The van der Waals surface area contributed by atoms with Crippen molar-refractivity contribution < 1.29 is 35.1 Å². The Morgan fingerprint density at radius 2 is 1.89 bits per heavy atom. The molecule has 0 spiro atoms. The van der Waals surface area contributed by atoms with Crippen LogP contribution in [0.25, 0.3) is 0 Å². The van der Waals surface area contributed by atoms with Crippen molar-refractivity contribution in [3.63, 3.8) is 0 Å². The Balaban J connectivity index is 3.12. The number of benzene rings is 1. The summed E-state index contributed by atoms with van der Waals surface area (Å²) in [6, 6.07) is 3.04. The van der Waals surface area contributed by atoms with Gasteiger partial charge >= 0.3 is 15.6 Å². The lowest BCUT2D eigenvalue weighted by Gasteiger charge is -2.12. The van der Waals surface area contributed by atoms with Gasteiger partial charge in [0.05, 0.1) is 7.11 Å². The third-order valence-electron chi connectivity index (χ3n) is 1.93. The molecule has 0 saturated heterocycles. The van der Waals surface area contributed by atoms with E-state index in [1.165, 1.54) is 13.4 Å². The fraction of sp³-hybridized carbons (Fsp3) is 0.333. The maximum Gasteiger partial charge on any atom is 0.534 e. The van der Waals surface area contributed by atoms with Crippen molar-refractivity contribution in [1.29, 1.82) is 0 Å². The molecule has 10 heteroatoms. The second-order valence-corrected chi connectivity index (χ2v) is 6.14. The zero-order valence-corrected chi connectivity index (χ0v) is 11.4. The summed E-state index contributed by atoms with van der Waals surface area (Å²) in [5, 5.41) is 0. The molecule has 108 valence electrons. The number of halogens is 3. The van der Waals surface area contributed by atoms with Gasteiger partial charge in [0.15, 0.2) is 10.6 Å². The lowest BCUT2D eigenvalue weighted by Crippen LogP contribution is -2.28. The van der Waals surface area contributed by atoms with Gasteiger partial charge in [0.2, 0.25) is 0 Å². The van der Waals surface area contributed by atoms with Crippen LogP contribution in [0.3, 0.4) is 0 Å². The van der Waals surface area contributed by atoms with E-state index >= 15 is 0 Å². The molecule has 1 aromatic rings. The fourth-order valence-electron chi connectivity index (χ4n) is 1.11. The molecule has 0 heterocycles. The first-order valence-corrected chi connectivity index (χ1v) is 7.57. The van der Waals surface area contributed by atoms with Crippen LogP contribution in [0.5, 0.6) is 11.5 Å². The molecule has 0 fully saturated rings.